The number of carbonyl (C=O) groups is 3. The van der Waals surface area contributed by atoms with Crippen LogP contribution < -0.4 is 5.32 Å². The summed E-state index contributed by atoms with van der Waals surface area (Å²) in [4.78, 5) is 42.5. The topological polar surface area (TPSA) is 91.4 Å². The number of piperidine rings is 1. The van der Waals surface area contributed by atoms with Crippen molar-refractivity contribution in [2.75, 3.05) is 65.6 Å². The average Bonchev–Trinajstić information content (AvgIpc) is 3.11. The number of carbonyl (C=O) groups excluding carboxylic acids is 3. The summed E-state index contributed by atoms with van der Waals surface area (Å²) in [6.45, 7) is 8.51. The summed E-state index contributed by atoms with van der Waals surface area (Å²) in [5.74, 6) is -0.267. The van der Waals surface area contributed by atoms with Crippen molar-refractivity contribution < 1.29 is 23.9 Å². The largest absolute Gasteiger partial charge is 0.450 e. The first-order valence-corrected chi connectivity index (χ1v) is 10.4. The van der Waals surface area contributed by atoms with E-state index in [9.17, 15) is 14.4 Å². The molecule has 0 aromatic heterocycles. The Bertz CT molecular complexity index is 559. The van der Waals surface area contributed by atoms with Crippen molar-refractivity contribution in [2.45, 2.75) is 32.2 Å². The van der Waals surface area contributed by atoms with Gasteiger partial charge >= 0.3 is 6.09 Å². The Kier molecular flexibility index (Phi) is 7.50. The second-order valence-corrected chi connectivity index (χ2v) is 7.61. The highest BCUT2D eigenvalue weighted by molar-refractivity contribution is 5.89. The Labute approximate surface area is 166 Å². The Morgan fingerprint density at radius 1 is 1.18 bits per heavy atom. The average molecular weight is 396 g/mol. The molecule has 28 heavy (non-hydrogen) atoms. The van der Waals surface area contributed by atoms with Crippen molar-refractivity contribution in [1.82, 2.24) is 20.0 Å². The molecule has 1 atom stereocenters. The van der Waals surface area contributed by atoms with Crippen LogP contribution in [0.5, 0.6) is 0 Å². The van der Waals surface area contributed by atoms with E-state index in [0.717, 1.165) is 45.7 Å². The number of hydrogen-bond donors (Lipinski definition) is 1. The first-order chi connectivity index (χ1) is 13.6. The summed E-state index contributed by atoms with van der Waals surface area (Å²) >= 11 is 0. The third-order valence-corrected chi connectivity index (χ3v) is 5.79. The fourth-order valence-corrected chi connectivity index (χ4v) is 4.14. The molecule has 0 aliphatic carbocycles. The predicted octanol–water partition coefficient (Wildman–Crippen LogP) is -0.0958. The predicted molar refractivity (Wildman–Crippen MR) is 102 cm³/mol. The highest BCUT2D eigenvalue weighted by Crippen LogP contribution is 2.26. The highest BCUT2D eigenvalue weighted by Gasteiger charge is 2.39. The molecule has 0 spiro atoms. The van der Waals surface area contributed by atoms with E-state index >= 15 is 0 Å². The molecule has 9 nitrogen and oxygen atoms in total. The molecule has 158 valence electrons. The lowest BCUT2D eigenvalue weighted by molar-refractivity contribution is -0.131. The van der Waals surface area contributed by atoms with Gasteiger partial charge in [-0.2, -0.15) is 0 Å². The van der Waals surface area contributed by atoms with Gasteiger partial charge in [-0.1, -0.05) is 0 Å². The molecular weight excluding hydrogens is 364 g/mol. The summed E-state index contributed by atoms with van der Waals surface area (Å²) < 4.78 is 10.4. The van der Waals surface area contributed by atoms with Gasteiger partial charge in [-0.25, -0.2) is 4.79 Å². The molecule has 0 radical (unpaired) electrons. The molecule has 3 heterocycles. The number of ether oxygens (including phenoxy) is 2. The molecular formula is C19H32N4O5. The van der Waals surface area contributed by atoms with Crippen molar-refractivity contribution in [3.63, 3.8) is 0 Å². The molecule has 9 heteroatoms. The van der Waals surface area contributed by atoms with Gasteiger partial charge in [0.15, 0.2) is 0 Å². The van der Waals surface area contributed by atoms with Gasteiger partial charge in [0.1, 0.15) is 0 Å². The summed E-state index contributed by atoms with van der Waals surface area (Å²) in [6, 6.07) is 0.101. The summed E-state index contributed by atoms with van der Waals surface area (Å²) in [5, 5.41) is 2.98. The van der Waals surface area contributed by atoms with E-state index in [1.165, 1.54) is 0 Å². The fourth-order valence-electron chi connectivity index (χ4n) is 4.14. The van der Waals surface area contributed by atoms with Gasteiger partial charge in [0.2, 0.25) is 11.8 Å². The Hall–Kier alpha value is -1.87. The minimum Gasteiger partial charge on any atom is -0.450 e. The Balaban J connectivity index is 1.39. The zero-order valence-electron chi connectivity index (χ0n) is 16.7. The number of amides is 3. The van der Waals surface area contributed by atoms with Crippen LogP contribution in [0.4, 0.5) is 4.79 Å². The van der Waals surface area contributed by atoms with Gasteiger partial charge in [0, 0.05) is 58.3 Å². The SMILES string of the molecule is CCOC(=O)N1CCC(N2CC(C(=O)NCCN3CCOCC3)CC2=O)CC1. The number of nitrogens with one attached hydrogen (secondary N) is 1. The molecule has 3 aliphatic heterocycles. The fraction of sp³-hybridized carbons (Fsp3) is 0.842. The molecule has 3 amide bonds. The van der Waals surface area contributed by atoms with E-state index in [4.69, 9.17) is 9.47 Å². The van der Waals surface area contributed by atoms with Gasteiger partial charge < -0.3 is 24.6 Å². The number of morpholine rings is 1. The van der Waals surface area contributed by atoms with E-state index in [-0.39, 0.29) is 36.3 Å². The highest BCUT2D eigenvalue weighted by atomic mass is 16.6. The van der Waals surface area contributed by atoms with Crippen LogP contribution in [-0.4, -0.2) is 104 Å². The van der Waals surface area contributed by atoms with Crippen molar-refractivity contribution in [3.8, 4) is 0 Å². The summed E-state index contributed by atoms with van der Waals surface area (Å²) in [6.07, 6.45) is 1.46. The van der Waals surface area contributed by atoms with Crippen LogP contribution in [0.1, 0.15) is 26.2 Å². The number of hydrogen-bond acceptors (Lipinski definition) is 6. The van der Waals surface area contributed by atoms with E-state index in [1.807, 2.05) is 4.90 Å². The molecule has 0 aromatic rings. The van der Waals surface area contributed by atoms with E-state index in [2.05, 4.69) is 10.2 Å². The van der Waals surface area contributed by atoms with Gasteiger partial charge in [0.25, 0.3) is 0 Å². The lowest BCUT2D eigenvalue weighted by Gasteiger charge is -2.36. The van der Waals surface area contributed by atoms with Crippen molar-refractivity contribution in [1.29, 1.82) is 0 Å². The van der Waals surface area contributed by atoms with Gasteiger partial charge in [-0.05, 0) is 19.8 Å². The second kappa shape index (κ2) is 10.1. The molecule has 3 saturated heterocycles. The normalized spacial score (nSPS) is 24.5. The first-order valence-electron chi connectivity index (χ1n) is 10.4. The third-order valence-electron chi connectivity index (χ3n) is 5.79. The van der Waals surface area contributed by atoms with Gasteiger partial charge in [-0.15, -0.1) is 0 Å². The lowest BCUT2D eigenvalue weighted by atomic mass is 10.0. The molecule has 3 rings (SSSR count). The molecule has 3 fully saturated rings. The van der Waals surface area contributed by atoms with Crippen LogP contribution in [-0.2, 0) is 19.1 Å². The van der Waals surface area contributed by atoms with Crippen LogP contribution in [0.3, 0.4) is 0 Å². The maximum Gasteiger partial charge on any atom is 0.409 e. The standard InChI is InChI=1S/C19H32N4O5/c1-2-28-19(26)22-6-3-16(4-7-22)23-14-15(13-17(23)24)18(25)20-5-8-21-9-11-27-12-10-21/h15-16H,2-14H2,1H3,(H,20,25). The van der Waals surface area contributed by atoms with Crippen molar-refractivity contribution >= 4 is 17.9 Å². The number of rotatable bonds is 6. The minimum atomic E-state index is -0.286. The quantitative estimate of drug-likeness (QED) is 0.674. The van der Waals surface area contributed by atoms with Crippen molar-refractivity contribution in [3.05, 3.63) is 0 Å². The van der Waals surface area contributed by atoms with Crippen LogP contribution >= 0.6 is 0 Å². The van der Waals surface area contributed by atoms with Gasteiger partial charge in [-0.3, -0.25) is 14.5 Å². The Morgan fingerprint density at radius 2 is 1.89 bits per heavy atom. The van der Waals surface area contributed by atoms with Crippen molar-refractivity contribution in [2.24, 2.45) is 5.92 Å². The zero-order chi connectivity index (χ0) is 19.9. The maximum absolute atomic E-state index is 12.5. The monoisotopic (exact) mass is 396 g/mol. The minimum absolute atomic E-state index is 0.0342. The summed E-state index contributed by atoms with van der Waals surface area (Å²) in [7, 11) is 0. The molecule has 1 unspecified atom stereocenters. The van der Waals surface area contributed by atoms with Gasteiger partial charge in [0.05, 0.1) is 25.7 Å². The van der Waals surface area contributed by atoms with Crippen LogP contribution in [0, 0.1) is 5.92 Å². The molecule has 0 aromatic carbocycles. The van der Waals surface area contributed by atoms with E-state index in [1.54, 1.807) is 11.8 Å². The first kappa shape index (κ1) is 20.9. The second-order valence-electron chi connectivity index (χ2n) is 7.61. The Morgan fingerprint density at radius 3 is 2.57 bits per heavy atom. The zero-order valence-corrected chi connectivity index (χ0v) is 16.7. The summed E-state index contributed by atoms with van der Waals surface area (Å²) in [5.41, 5.74) is 0. The van der Waals surface area contributed by atoms with E-state index in [0.29, 0.717) is 32.8 Å². The third kappa shape index (κ3) is 5.35. The molecule has 0 saturated carbocycles. The number of nitrogens with zero attached hydrogens (tertiary/aromatic N) is 3. The van der Waals surface area contributed by atoms with Crippen LogP contribution in [0.15, 0.2) is 0 Å². The number of likely N-dealkylation sites (tertiary alicyclic amines) is 2. The smallest absolute Gasteiger partial charge is 0.409 e. The van der Waals surface area contributed by atoms with Crippen LogP contribution in [0.25, 0.3) is 0 Å². The van der Waals surface area contributed by atoms with E-state index < -0.39 is 0 Å². The molecule has 1 N–H and O–H groups in total. The lowest BCUT2D eigenvalue weighted by Crippen LogP contribution is -2.47. The maximum atomic E-state index is 12.5. The molecule has 0 bridgehead atoms. The molecule has 3 aliphatic rings. The van der Waals surface area contributed by atoms with Crippen LogP contribution in [0.2, 0.25) is 0 Å².